The van der Waals surface area contributed by atoms with E-state index in [1.165, 1.54) is 12.3 Å². The number of aromatic amines is 1. The molecule has 3 aromatic rings. The maximum absolute atomic E-state index is 12.3. The van der Waals surface area contributed by atoms with Gasteiger partial charge in [0, 0.05) is 25.4 Å². The van der Waals surface area contributed by atoms with Crippen molar-refractivity contribution in [1.29, 1.82) is 0 Å². The van der Waals surface area contributed by atoms with Crippen LogP contribution in [0.1, 0.15) is 24.2 Å². The summed E-state index contributed by atoms with van der Waals surface area (Å²) in [5, 5.41) is 26.1. The van der Waals surface area contributed by atoms with E-state index in [9.17, 15) is 24.6 Å². The highest BCUT2D eigenvalue weighted by molar-refractivity contribution is 6.02. The molecule has 0 saturated heterocycles. The summed E-state index contributed by atoms with van der Waals surface area (Å²) in [7, 11) is 0. The second-order valence-electron chi connectivity index (χ2n) is 7.10. The summed E-state index contributed by atoms with van der Waals surface area (Å²) >= 11 is 0. The van der Waals surface area contributed by atoms with Crippen LogP contribution in [0.15, 0.2) is 27.8 Å². The lowest BCUT2D eigenvalue weighted by atomic mass is 10.1. The zero-order valence-electron chi connectivity index (χ0n) is 16.1. The number of carbonyl (C=O) groups is 1. The monoisotopic (exact) mass is 398 g/mol. The number of aromatic nitrogens is 2. The largest absolute Gasteiger partial charge is 0.507 e. The molecular weight excluding hydrogens is 376 g/mol. The minimum absolute atomic E-state index is 0.00869. The average molecular weight is 398 g/mol. The highest BCUT2D eigenvalue weighted by Gasteiger charge is 2.16. The van der Waals surface area contributed by atoms with Crippen molar-refractivity contribution in [1.82, 2.24) is 20.6 Å². The molecule has 3 rings (SSSR count). The molecule has 9 heteroatoms. The van der Waals surface area contributed by atoms with Gasteiger partial charge in [0.2, 0.25) is 10.9 Å². The zero-order chi connectivity index (χ0) is 21.1. The Labute approximate surface area is 165 Å². The number of fused-ring (bicyclic) bond motifs is 2. The molecule has 152 valence electrons. The zero-order valence-corrected chi connectivity index (χ0v) is 16.1. The lowest BCUT2D eigenvalue weighted by Crippen LogP contribution is -2.28. The average Bonchev–Trinajstić information content (AvgIpc) is 2.65. The fourth-order valence-electron chi connectivity index (χ4n) is 2.98. The van der Waals surface area contributed by atoms with E-state index in [1.807, 2.05) is 0 Å². The van der Waals surface area contributed by atoms with Gasteiger partial charge in [-0.1, -0.05) is 13.8 Å². The predicted octanol–water partition coefficient (Wildman–Crippen LogP) is 0.132. The molecule has 0 aliphatic heterocycles. The fraction of sp³-hybridized carbons (Fsp3) is 0.300. The Bertz CT molecular complexity index is 1250. The second kappa shape index (κ2) is 8.27. The summed E-state index contributed by atoms with van der Waals surface area (Å²) in [6.07, 6.45) is 1.52. The third kappa shape index (κ3) is 4.19. The van der Waals surface area contributed by atoms with Crippen LogP contribution in [0.5, 0.6) is 5.75 Å². The van der Waals surface area contributed by atoms with Crippen LogP contribution >= 0.6 is 0 Å². The van der Waals surface area contributed by atoms with Crippen molar-refractivity contribution >= 4 is 34.2 Å². The molecule has 0 unspecified atom stereocenters. The molecule has 2 aromatic carbocycles. The van der Waals surface area contributed by atoms with E-state index in [2.05, 4.69) is 34.4 Å². The maximum atomic E-state index is 12.3. The molecule has 0 radical (unpaired) electrons. The van der Waals surface area contributed by atoms with E-state index < -0.39 is 16.8 Å². The molecule has 0 aliphatic carbocycles. The molecule has 29 heavy (non-hydrogen) atoms. The van der Waals surface area contributed by atoms with Crippen LogP contribution in [0.4, 0.5) is 0 Å². The van der Waals surface area contributed by atoms with Gasteiger partial charge in [0.05, 0.1) is 16.3 Å². The van der Waals surface area contributed by atoms with Crippen LogP contribution in [0.3, 0.4) is 0 Å². The van der Waals surface area contributed by atoms with Crippen LogP contribution in [-0.2, 0) is 0 Å². The van der Waals surface area contributed by atoms with Crippen LogP contribution in [0.2, 0.25) is 0 Å². The maximum Gasteiger partial charge on any atom is 0.337 e. The van der Waals surface area contributed by atoms with Gasteiger partial charge >= 0.3 is 5.97 Å². The number of aromatic hydroxyl groups is 1. The van der Waals surface area contributed by atoms with Gasteiger partial charge in [0.25, 0.3) is 0 Å². The van der Waals surface area contributed by atoms with E-state index in [0.29, 0.717) is 19.0 Å². The molecule has 0 fully saturated rings. The molecule has 0 spiro atoms. The number of benzene rings is 2. The number of rotatable bonds is 7. The van der Waals surface area contributed by atoms with Crippen molar-refractivity contribution in [3.8, 4) is 5.75 Å². The van der Waals surface area contributed by atoms with Crippen molar-refractivity contribution in [2.75, 3.05) is 19.6 Å². The van der Waals surface area contributed by atoms with Crippen LogP contribution in [0, 0.1) is 5.92 Å². The third-order valence-electron chi connectivity index (χ3n) is 4.37. The van der Waals surface area contributed by atoms with Gasteiger partial charge in [-0.2, -0.15) is 0 Å². The molecule has 0 atom stereocenters. The van der Waals surface area contributed by atoms with Gasteiger partial charge < -0.3 is 25.8 Å². The van der Waals surface area contributed by atoms with Gasteiger partial charge in [0.15, 0.2) is 0 Å². The molecule has 0 saturated carbocycles. The van der Waals surface area contributed by atoms with E-state index in [0.717, 1.165) is 18.7 Å². The summed E-state index contributed by atoms with van der Waals surface area (Å²) in [5.74, 6) is -1.00. The number of nitrogens with one attached hydrogen (secondary N) is 3. The Morgan fingerprint density at radius 2 is 1.93 bits per heavy atom. The number of nitrogens with zero attached hydrogens (tertiary/aromatic N) is 1. The minimum Gasteiger partial charge on any atom is -0.507 e. The topological polar surface area (TPSA) is 144 Å². The lowest BCUT2D eigenvalue weighted by Gasteiger charge is -2.08. The second-order valence-corrected chi connectivity index (χ2v) is 7.10. The molecule has 1 heterocycles. The van der Waals surface area contributed by atoms with Crippen molar-refractivity contribution in [3.05, 3.63) is 49.4 Å². The normalized spacial score (nSPS) is 12.2. The number of carboxylic acid groups (broad SMARTS) is 1. The van der Waals surface area contributed by atoms with E-state index >= 15 is 0 Å². The number of H-pyrrole nitrogens is 1. The first-order valence-electron chi connectivity index (χ1n) is 9.20. The summed E-state index contributed by atoms with van der Waals surface area (Å²) in [6.45, 7) is 6.35. The van der Waals surface area contributed by atoms with E-state index in [1.54, 1.807) is 0 Å². The Morgan fingerprint density at radius 1 is 1.17 bits per heavy atom. The Hall–Kier alpha value is -3.46. The molecule has 9 nitrogen and oxygen atoms in total. The molecule has 1 aromatic heterocycles. The highest BCUT2D eigenvalue weighted by Crippen LogP contribution is 2.15. The van der Waals surface area contributed by atoms with E-state index in [4.69, 9.17) is 0 Å². The summed E-state index contributed by atoms with van der Waals surface area (Å²) in [6, 6.07) is 3.31. The number of phenols is 1. The number of phenolic OH excluding ortho intramolecular Hbond substituents is 1. The predicted molar refractivity (Wildman–Crippen MR) is 110 cm³/mol. The number of aromatic carboxylic acids is 1. The van der Waals surface area contributed by atoms with Crippen LogP contribution in [0.25, 0.3) is 28.3 Å². The quantitative estimate of drug-likeness (QED) is 0.279. The Morgan fingerprint density at radius 3 is 2.62 bits per heavy atom. The van der Waals surface area contributed by atoms with Crippen molar-refractivity contribution < 1.29 is 15.0 Å². The number of carboxylic acids is 1. The summed E-state index contributed by atoms with van der Waals surface area (Å²) in [5.41, 5.74) is -1.26. The lowest BCUT2D eigenvalue weighted by molar-refractivity contribution is 0.0699. The first kappa shape index (κ1) is 20.3. The number of hydrogen-bond acceptors (Lipinski definition) is 7. The van der Waals surface area contributed by atoms with Gasteiger partial charge in [-0.3, -0.25) is 9.59 Å². The third-order valence-corrected chi connectivity index (χ3v) is 4.37. The number of hydrogen-bond donors (Lipinski definition) is 5. The van der Waals surface area contributed by atoms with Gasteiger partial charge in [-0.25, -0.2) is 9.78 Å². The summed E-state index contributed by atoms with van der Waals surface area (Å²) < 4.78 is 0. The fourth-order valence-corrected chi connectivity index (χ4v) is 2.98. The standard InChI is InChI=1S/C20H22N4O5/c1-10(2)8-21-5-6-22-9-12-14(26)7-15(27)19-17(12)24-18-13(25)4-3-11(20(28)29)16(18)23-19/h3-4,7,9-10,21-23,26H,5-6,8H2,1-2H3,(H,28,29). The molecule has 0 bridgehead atoms. The van der Waals surface area contributed by atoms with Gasteiger partial charge in [-0.05, 0) is 24.6 Å². The Balaban J connectivity index is 2.11. The SMILES string of the molecule is CC(C)CNCCNC=c1c(O)cc(=O)c2[nH]c3c(C(=O)O)ccc(=O)c3nc12. The van der Waals surface area contributed by atoms with Crippen molar-refractivity contribution in [2.24, 2.45) is 5.92 Å². The molecular formula is C20H22N4O5. The van der Waals surface area contributed by atoms with Crippen molar-refractivity contribution in [2.45, 2.75) is 13.8 Å². The highest BCUT2D eigenvalue weighted by atomic mass is 16.4. The van der Waals surface area contributed by atoms with E-state index in [-0.39, 0.29) is 38.6 Å². The Kier molecular flexibility index (Phi) is 5.79. The molecule has 0 amide bonds. The summed E-state index contributed by atoms with van der Waals surface area (Å²) in [4.78, 5) is 43.0. The molecule has 5 N–H and O–H groups in total. The van der Waals surface area contributed by atoms with Crippen LogP contribution < -0.4 is 26.7 Å². The van der Waals surface area contributed by atoms with Gasteiger partial charge in [-0.15, -0.1) is 0 Å². The first-order chi connectivity index (χ1) is 13.8. The van der Waals surface area contributed by atoms with Crippen LogP contribution in [-0.4, -0.2) is 45.8 Å². The molecule has 0 aliphatic rings. The smallest absolute Gasteiger partial charge is 0.337 e. The van der Waals surface area contributed by atoms with Crippen molar-refractivity contribution in [3.63, 3.8) is 0 Å². The minimum atomic E-state index is -1.25. The van der Waals surface area contributed by atoms with Gasteiger partial charge in [0.1, 0.15) is 22.3 Å². The first-order valence-corrected chi connectivity index (χ1v) is 9.20.